The van der Waals surface area contributed by atoms with Crippen molar-refractivity contribution in [2.24, 2.45) is 11.8 Å². The van der Waals surface area contributed by atoms with Crippen molar-refractivity contribution < 1.29 is 4.79 Å². The Balaban J connectivity index is 1.83. The van der Waals surface area contributed by atoms with Crippen LogP contribution in [0.3, 0.4) is 0 Å². The second kappa shape index (κ2) is 7.83. The number of amides is 1. The number of carbonyl (C=O) groups is 1. The standard InChI is InChI=1S/C18H31N3O2S/c1-13-8-14(2)10-20(9-13)18(4,5)12-19-16(22)6-7-21-15(3)11-24-17(21)23/h11,13-14H,6-10,12H2,1-5H3,(H,19,22). The van der Waals surface area contributed by atoms with Crippen molar-refractivity contribution in [2.75, 3.05) is 19.6 Å². The molecule has 1 saturated heterocycles. The van der Waals surface area contributed by atoms with Gasteiger partial charge in [-0.05, 0) is 39.0 Å². The molecule has 0 radical (unpaired) electrons. The van der Waals surface area contributed by atoms with E-state index in [1.54, 1.807) is 4.57 Å². The maximum Gasteiger partial charge on any atom is 0.307 e. The summed E-state index contributed by atoms with van der Waals surface area (Å²) >= 11 is 1.19. The van der Waals surface area contributed by atoms with E-state index in [-0.39, 0.29) is 16.3 Å². The van der Waals surface area contributed by atoms with Gasteiger partial charge in [0.1, 0.15) is 0 Å². The zero-order chi connectivity index (χ0) is 17.9. The van der Waals surface area contributed by atoms with Crippen molar-refractivity contribution in [3.8, 4) is 0 Å². The first kappa shape index (κ1) is 19.2. The van der Waals surface area contributed by atoms with Gasteiger partial charge in [-0.3, -0.25) is 14.5 Å². The fourth-order valence-corrected chi connectivity index (χ4v) is 4.32. The smallest absolute Gasteiger partial charge is 0.307 e. The highest BCUT2D eigenvalue weighted by molar-refractivity contribution is 7.07. The number of thiazole rings is 1. The molecule has 1 aliphatic heterocycles. The van der Waals surface area contributed by atoms with Crippen LogP contribution < -0.4 is 10.2 Å². The van der Waals surface area contributed by atoms with Gasteiger partial charge >= 0.3 is 4.87 Å². The van der Waals surface area contributed by atoms with E-state index in [9.17, 15) is 9.59 Å². The lowest BCUT2D eigenvalue weighted by Crippen LogP contribution is -2.56. The summed E-state index contributed by atoms with van der Waals surface area (Å²) in [5.74, 6) is 1.42. The number of likely N-dealkylation sites (tertiary alicyclic amines) is 1. The number of aryl methyl sites for hydroxylation is 1. The van der Waals surface area contributed by atoms with Crippen LogP contribution in [0.15, 0.2) is 10.2 Å². The predicted molar refractivity (Wildman–Crippen MR) is 99.5 cm³/mol. The van der Waals surface area contributed by atoms with Gasteiger partial charge in [-0.1, -0.05) is 25.2 Å². The van der Waals surface area contributed by atoms with Crippen LogP contribution in [-0.4, -0.2) is 40.5 Å². The van der Waals surface area contributed by atoms with Crippen LogP contribution in [0.2, 0.25) is 0 Å². The molecule has 5 nitrogen and oxygen atoms in total. The molecule has 136 valence electrons. The number of piperidine rings is 1. The van der Waals surface area contributed by atoms with Gasteiger partial charge in [-0.2, -0.15) is 0 Å². The molecule has 1 aliphatic rings. The molecule has 2 unspecified atom stereocenters. The molecule has 6 heteroatoms. The normalized spacial score (nSPS) is 22.5. The van der Waals surface area contributed by atoms with Crippen LogP contribution in [-0.2, 0) is 11.3 Å². The lowest BCUT2D eigenvalue weighted by molar-refractivity contribution is -0.122. The molecule has 0 aliphatic carbocycles. The highest BCUT2D eigenvalue weighted by Crippen LogP contribution is 2.26. The predicted octanol–water partition coefficient (Wildman–Crippen LogP) is 2.48. The molecule has 0 aromatic carbocycles. The number of nitrogens with zero attached hydrogens (tertiary/aromatic N) is 2. The van der Waals surface area contributed by atoms with Gasteiger partial charge in [-0.15, -0.1) is 0 Å². The van der Waals surface area contributed by atoms with Crippen LogP contribution in [0.5, 0.6) is 0 Å². The molecule has 0 saturated carbocycles. The second-order valence-electron chi connectivity index (χ2n) is 7.98. The molecule has 2 heterocycles. The molecule has 2 atom stereocenters. The maximum atomic E-state index is 12.2. The topological polar surface area (TPSA) is 54.3 Å². The van der Waals surface area contributed by atoms with Gasteiger partial charge in [0, 0.05) is 49.2 Å². The average Bonchev–Trinajstić information content (AvgIpc) is 2.81. The maximum absolute atomic E-state index is 12.2. The van der Waals surface area contributed by atoms with Gasteiger partial charge < -0.3 is 9.88 Å². The molecule has 1 aromatic heterocycles. The molecule has 1 amide bonds. The number of hydrogen-bond acceptors (Lipinski definition) is 4. The van der Waals surface area contributed by atoms with Crippen molar-refractivity contribution in [2.45, 2.75) is 59.5 Å². The Labute approximate surface area is 149 Å². The fraction of sp³-hybridized carbons (Fsp3) is 0.778. The highest BCUT2D eigenvalue weighted by Gasteiger charge is 2.32. The lowest BCUT2D eigenvalue weighted by atomic mass is 9.88. The molecule has 24 heavy (non-hydrogen) atoms. The van der Waals surface area contributed by atoms with E-state index in [1.165, 1.54) is 17.8 Å². The second-order valence-corrected chi connectivity index (χ2v) is 8.81. The van der Waals surface area contributed by atoms with E-state index in [0.717, 1.165) is 18.8 Å². The minimum atomic E-state index is -0.0479. The first-order valence-electron chi connectivity index (χ1n) is 8.85. The summed E-state index contributed by atoms with van der Waals surface area (Å²) < 4.78 is 1.67. The Kier molecular flexibility index (Phi) is 6.26. The number of nitrogens with one attached hydrogen (secondary N) is 1. The minimum Gasteiger partial charge on any atom is -0.354 e. The highest BCUT2D eigenvalue weighted by atomic mass is 32.1. The Morgan fingerprint density at radius 3 is 2.50 bits per heavy atom. The molecule has 1 fully saturated rings. The molecule has 2 rings (SSSR count). The zero-order valence-corrected chi connectivity index (χ0v) is 16.4. The summed E-state index contributed by atoms with van der Waals surface area (Å²) in [6.07, 6.45) is 1.63. The SMILES string of the molecule is Cc1csc(=O)n1CCC(=O)NCC(C)(C)N1CC(C)CC(C)C1. The summed E-state index contributed by atoms with van der Waals surface area (Å²) in [6, 6.07) is 0. The zero-order valence-electron chi connectivity index (χ0n) is 15.6. The van der Waals surface area contributed by atoms with Gasteiger partial charge in [0.05, 0.1) is 0 Å². The third kappa shape index (κ3) is 4.93. The number of aromatic nitrogens is 1. The molecule has 0 bridgehead atoms. The summed E-state index contributed by atoms with van der Waals surface area (Å²) in [6.45, 7) is 14.2. The molecule has 1 N–H and O–H groups in total. The van der Waals surface area contributed by atoms with Crippen LogP contribution in [0.1, 0.15) is 46.2 Å². The van der Waals surface area contributed by atoms with Gasteiger partial charge in [0.2, 0.25) is 5.91 Å². The molecule has 1 aromatic rings. The Morgan fingerprint density at radius 1 is 1.33 bits per heavy atom. The van der Waals surface area contributed by atoms with Crippen molar-refractivity contribution in [1.29, 1.82) is 0 Å². The monoisotopic (exact) mass is 353 g/mol. The van der Waals surface area contributed by atoms with E-state index in [1.807, 2.05) is 12.3 Å². The van der Waals surface area contributed by atoms with Gasteiger partial charge in [0.15, 0.2) is 0 Å². The van der Waals surface area contributed by atoms with E-state index in [4.69, 9.17) is 0 Å². The third-order valence-electron chi connectivity index (χ3n) is 4.98. The van der Waals surface area contributed by atoms with Crippen molar-refractivity contribution >= 4 is 17.2 Å². The van der Waals surface area contributed by atoms with E-state index in [0.29, 0.717) is 31.3 Å². The quantitative estimate of drug-likeness (QED) is 0.855. The van der Waals surface area contributed by atoms with Crippen molar-refractivity contribution in [1.82, 2.24) is 14.8 Å². The fourth-order valence-electron chi connectivity index (χ4n) is 3.56. The number of carbonyl (C=O) groups excluding carboxylic acids is 1. The van der Waals surface area contributed by atoms with Crippen LogP contribution in [0, 0.1) is 18.8 Å². The van der Waals surface area contributed by atoms with E-state index in [2.05, 4.69) is 37.9 Å². The van der Waals surface area contributed by atoms with E-state index >= 15 is 0 Å². The van der Waals surface area contributed by atoms with Gasteiger partial charge in [-0.25, -0.2) is 0 Å². The Hall–Kier alpha value is -1.14. The van der Waals surface area contributed by atoms with Crippen LogP contribution >= 0.6 is 11.3 Å². The Bertz CT molecular complexity index is 610. The Morgan fingerprint density at radius 2 is 1.96 bits per heavy atom. The number of hydrogen-bond donors (Lipinski definition) is 1. The summed E-state index contributed by atoms with van der Waals surface area (Å²) in [5, 5.41) is 4.89. The van der Waals surface area contributed by atoms with Crippen molar-refractivity contribution in [3.05, 3.63) is 20.7 Å². The number of rotatable bonds is 6. The third-order valence-corrected chi connectivity index (χ3v) is 5.86. The van der Waals surface area contributed by atoms with Crippen LogP contribution in [0.4, 0.5) is 0 Å². The largest absolute Gasteiger partial charge is 0.354 e. The van der Waals surface area contributed by atoms with Crippen molar-refractivity contribution in [3.63, 3.8) is 0 Å². The first-order valence-corrected chi connectivity index (χ1v) is 9.73. The summed E-state index contributed by atoms with van der Waals surface area (Å²) in [5.41, 5.74) is 0.878. The van der Waals surface area contributed by atoms with E-state index < -0.39 is 0 Å². The van der Waals surface area contributed by atoms with Crippen LogP contribution in [0.25, 0.3) is 0 Å². The molecular formula is C18H31N3O2S. The first-order chi connectivity index (χ1) is 11.2. The molecule has 0 spiro atoms. The lowest BCUT2D eigenvalue weighted by Gasteiger charge is -2.45. The van der Waals surface area contributed by atoms with Gasteiger partial charge in [0.25, 0.3) is 0 Å². The average molecular weight is 354 g/mol. The minimum absolute atomic E-state index is 0.0110. The summed E-state index contributed by atoms with van der Waals surface area (Å²) in [7, 11) is 0. The summed E-state index contributed by atoms with van der Waals surface area (Å²) in [4.78, 5) is 26.4. The molecular weight excluding hydrogens is 322 g/mol.